The van der Waals surface area contributed by atoms with Crippen molar-refractivity contribution in [2.75, 3.05) is 6.26 Å². The number of thioether (sulfide) groups is 1. The van der Waals surface area contributed by atoms with Crippen LogP contribution in [0.25, 0.3) is 0 Å². The molecule has 0 atom stereocenters. The number of nitrogens with one attached hydrogen (secondary N) is 2. The summed E-state index contributed by atoms with van der Waals surface area (Å²) in [6.45, 7) is 4.35. The number of aryl methyl sites for hydroxylation is 2. The first-order chi connectivity index (χ1) is 11.1. The summed E-state index contributed by atoms with van der Waals surface area (Å²) in [5.41, 5.74) is 3.22. The van der Waals surface area contributed by atoms with E-state index in [4.69, 9.17) is 0 Å². The number of H-pyrrole nitrogens is 1. The van der Waals surface area contributed by atoms with Crippen LogP contribution >= 0.6 is 11.8 Å². The SMILES string of the molecule is CCc1cc(CNC(=O)c2c(C)nc(C3CC3)nc2SC)[nH]n1. The zero-order valence-corrected chi connectivity index (χ0v) is 14.5. The van der Waals surface area contributed by atoms with Crippen molar-refractivity contribution in [3.63, 3.8) is 0 Å². The van der Waals surface area contributed by atoms with Crippen molar-refractivity contribution in [1.82, 2.24) is 25.5 Å². The first-order valence-corrected chi connectivity index (χ1v) is 9.08. The van der Waals surface area contributed by atoms with Gasteiger partial charge >= 0.3 is 0 Å². The van der Waals surface area contributed by atoms with Gasteiger partial charge in [0.25, 0.3) is 5.91 Å². The predicted molar refractivity (Wildman–Crippen MR) is 89.7 cm³/mol. The Kier molecular flexibility index (Phi) is 4.66. The number of carbonyl (C=O) groups excluding carboxylic acids is 1. The summed E-state index contributed by atoms with van der Waals surface area (Å²) in [5, 5.41) is 10.8. The van der Waals surface area contributed by atoms with Crippen molar-refractivity contribution in [2.24, 2.45) is 0 Å². The second-order valence-corrected chi connectivity index (χ2v) is 6.54. The van der Waals surface area contributed by atoms with Crippen LogP contribution in [0, 0.1) is 6.92 Å². The smallest absolute Gasteiger partial charge is 0.256 e. The fourth-order valence-electron chi connectivity index (χ4n) is 2.45. The second kappa shape index (κ2) is 6.70. The molecule has 1 aliphatic carbocycles. The standard InChI is InChI=1S/C16H21N5OS/c1-4-11-7-12(21-20-11)8-17-15(22)13-9(2)18-14(10-5-6-10)19-16(13)23-3/h7,10H,4-6,8H2,1-3H3,(H,17,22)(H,20,21). The first kappa shape index (κ1) is 16.0. The highest BCUT2D eigenvalue weighted by atomic mass is 32.2. The summed E-state index contributed by atoms with van der Waals surface area (Å²) >= 11 is 1.49. The van der Waals surface area contributed by atoms with E-state index in [2.05, 4.69) is 25.5 Å². The lowest BCUT2D eigenvalue weighted by Gasteiger charge is -2.11. The zero-order chi connectivity index (χ0) is 16.4. The predicted octanol–water partition coefficient (Wildman–Crippen LogP) is 2.60. The molecule has 0 radical (unpaired) electrons. The maximum atomic E-state index is 12.6. The Balaban J connectivity index is 1.75. The van der Waals surface area contributed by atoms with Crippen LogP contribution < -0.4 is 5.32 Å². The molecule has 7 heteroatoms. The number of nitrogens with zero attached hydrogens (tertiary/aromatic N) is 3. The van der Waals surface area contributed by atoms with E-state index < -0.39 is 0 Å². The van der Waals surface area contributed by atoms with Gasteiger partial charge in [0.2, 0.25) is 0 Å². The molecule has 6 nitrogen and oxygen atoms in total. The molecule has 1 amide bonds. The van der Waals surface area contributed by atoms with Crippen molar-refractivity contribution in [1.29, 1.82) is 0 Å². The van der Waals surface area contributed by atoms with E-state index in [0.29, 0.717) is 18.0 Å². The average molecular weight is 331 g/mol. The lowest BCUT2D eigenvalue weighted by molar-refractivity contribution is 0.0945. The molecule has 0 spiro atoms. The van der Waals surface area contributed by atoms with Crippen molar-refractivity contribution in [3.8, 4) is 0 Å². The molecule has 23 heavy (non-hydrogen) atoms. The molecular weight excluding hydrogens is 310 g/mol. The van der Waals surface area contributed by atoms with Crippen LogP contribution in [-0.4, -0.2) is 32.3 Å². The lowest BCUT2D eigenvalue weighted by Crippen LogP contribution is -2.25. The minimum Gasteiger partial charge on any atom is -0.346 e. The molecule has 0 unspecified atom stereocenters. The molecular formula is C16H21N5OS. The van der Waals surface area contributed by atoms with Crippen LogP contribution in [0.15, 0.2) is 11.1 Å². The Labute approximate surface area is 139 Å². The third kappa shape index (κ3) is 3.55. The minimum absolute atomic E-state index is 0.137. The van der Waals surface area contributed by atoms with Crippen molar-refractivity contribution in [2.45, 2.75) is 50.6 Å². The third-order valence-electron chi connectivity index (χ3n) is 3.92. The van der Waals surface area contributed by atoms with Gasteiger partial charge in [0, 0.05) is 5.92 Å². The van der Waals surface area contributed by atoms with E-state index in [1.807, 2.05) is 26.2 Å². The van der Waals surface area contributed by atoms with Gasteiger partial charge in [-0.3, -0.25) is 9.89 Å². The van der Waals surface area contributed by atoms with Crippen molar-refractivity contribution < 1.29 is 4.79 Å². The molecule has 1 aliphatic rings. The first-order valence-electron chi connectivity index (χ1n) is 7.86. The largest absolute Gasteiger partial charge is 0.346 e. The van der Waals surface area contributed by atoms with E-state index in [-0.39, 0.29) is 5.91 Å². The molecule has 1 fully saturated rings. The van der Waals surface area contributed by atoms with Crippen molar-refractivity contribution >= 4 is 17.7 Å². The van der Waals surface area contributed by atoms with Crippen LogP contribution in [0.3, 0.4) is 0 Å². The molecule has 0 aromatic carbocycles. The molecule has 3 rings (SSSR count). The number of aromatic amines is 1. The maximum absolute atomic E-state index is 12.6. The zero-order valence-electron chi connectivity index (χ0n) is 13.6. The Hall–Kier alpha value is -1.89. The number of hydrogen-bond donors (Lipinski definition) is 2. The van der Waals surface area contributed by atoms with Crippen LogP contribution in [0.5, 0.6) is 0 Å². The van der Waals surface area contributed by atoms with Crippen LogP contribution in [0.1, 0.15) is 58.9 Å². The second-order valence-electron chi connectivity index (χ2n) is 5.75. The molecule has 1 saturated carbocycles. The summed E-state index contributed by atoms with van der Waals surface area (Å²) in [5.74, 6) is 1.22. The number of hydrogen-bond acceptors (Lipinski definition) is 5. The summed E-state index contributed by atoms with van der Waals surface area (Å²) in [6, 6.07) is 1.97. The van der Waals surface area contributed by atoms with Crippen LogP contribution in [0.4, 0.5) is 0 Å². The van der Waals surface area contributed by atoms with E-state index in [1.165, 1.54) is 11.8 Å². The van der Waals surface area contributed by atoms with Gasteiger partial charge in [0.1, 0.15) is 10.9 Å². The van der Waals surface area contributed by atoms with Gasteiger partial charge in [-0.25, -0.2) is 9.97 Å². The highest BCUT2D eigenvalue weighted by Gasteiger charge is 2.29. The van der Waals surface area contributed by atoms with E-state index in [0.717, 1.165) is 47.2 Å². The Bertz CT molecular complexity index is 723. The lowest BCUT2D eigenvalue weighted by atomic mass is 10.2. The highest BCUT2D eigenvalue weighted by Crippen LogP contribution is 2.39. The average Bonchev–Trinajstić information content (AvgIpc) is 3.30. The number of aromatic nitrogens is 4. The fraction of sp³-hybridized carbons (Fsp3) is 0.500. The maximum Gasteiger partial charge on any atom is 0.256 e. The van der Waals surface area contributed by atoms with E-state index in [9.17, 15) is 4.79 Å². The number of rotatable bonds is 6. The number of carbonyl (C=O) groups is 1. The van der Waals surface area contributed by atoms with Gasteiger partial charge in [-0.15, -0.1) is 11.8 Å². The van der Waals surface area contributed by atoms with Gasteiger partial charge in [0.15, 0.2) is 0 Å². The molecule has 0 aliphatic heterocycles. The normalized spacial score (nSPS) is 14.0. The van der Waals surface area contributed by atoms with Gasteiger partial charge in [-0.1, -0.05) is 6.92 Å². The molecule has 122 valence electrons. The van der Waals surface area contributed by atoms with Gasteiger partial charge in [0.05, 0.1) is 29.2 Å². The molecule has 2 N–H and O–H groups in total. The molecule has 0 bridgehead atoms. The third-order valence-corrected chi connectivity index (χ3v) is 4.60. The van der Waals surface area contributed by atoms with Crippen molar-refractivity contribution in [3.05, 3.63) is 34.5 Å². The quantitative estimate of drug-likeness (QED) is 0.628. The van der Waals surface area contributed by atoms with Crippen LogP contribution in [0.2, 0.25) is 0 Å². The Morgan fingerprint density at radius 1 is 1.43 bits per heavy atom. The summed E-state index contributed by atoms with van der Waals surface area (Å²) in [4.78, 5) is 21.7. The Morgan fingerprint density at radius 2 is 2.22 bits per heavy atom. The molecule has 2 aromatic heterocycles. The summed E-state index contributed by atoms with van der Waals surface area (Å²) in [6.07, 6.45) is 5.12. The van der Waals surface area contributed by atoms with Gasteiger partial charge in [-0.2, -0.15) is 5.10 Å². The van der Waals surface area contributed by atoms with E-state index in [1.54, 1.807) is 0 Å². The Morgan fingerprint density at radius 3 is 2.83 bits per heavy atom. The van der Waals surface area contributed by atoms with Crippen LogP contribution in [-0.2, 0) is 13.0 Å². The highest BCUT2D eigenvalue weighted by molar-refractivity contribution is 7.98. The minimum atomic E-state index is -0.137. The number of amides is 1. The summed E-state index contributed by atoms with van der Waals surface area (Å²) < 4.78 is 0. The van der Waals surface area contributed by atoms with Gasteiger partial charge in [-0.05, 0) is 38.5 Å². The molecule has 2 aromatic rings. The topological polar surface area (TPSA) is 83.6 Å². The van der Waals surface area contributed by atoms with Gasteiger partial charge < -0.3 is 5.32 Å². The fourth-order valence-corrected chi connectivity index (χ4v) is 3.07. The summed E-state index contributed by atoms with van der Waals surface area (Å²) in [7, 11) is 0. The monoisotopic (exact) mass is 331 g/mol. The molecule has 0 saturated heterocycles. The molecule has 2 heterocycles. The van der Waals surface area contributed by atoms with E-state index >= 15 is 0 Å².